The van der Waals surface area contributed by atoms with Crippen LogP contribution in [0.15, 0.2) is 62.3 Å². The quantitative estimate of drug-likeness (QED) is 0.531. The molecule has 0 amide bonds. The molecule has 0 unspecified atom stereocenters. The Morgan fingerprint density at radius 2 is 1.92 bits per heavy atom. The number of rotatable bonds is 3. The minimum atomic E-state index is -0.568. The molecule has 2 aromatic heterocycles. The third kappa shape index (κ3) is 2.65. The van der Waals surface area contributed by atoms with E-state index in [-0.39, 0.29) is 17.3 Å². The monoisotopic (exact) mass is 338 g/mol. The van der Waals surface area contributed by atoms with Crippen LogP contribution in [0.25, 0.3) is 33.8 Å². The van der Waals surface area contributed by atoms with Crippen LogP contribution in [0.4, 0.5) is 4.39 Å². The topological polar surface area (TPSA) is 78.4 Å². The van der Waals surface area contributed by atoms with E-state index >= 15 is 0 Å². The van der Waals surface area contributed by atoms with Gasteiger partial charge in [-0.2, -0.15) is 4.98 Å². The molecule has 0 atom stereocenters. The Bertz CT molecular complexity index is 1130. The highest BCUT2D eigenvalue weighted by atomic mass is 19.1. The lowest BCUT2D eigenvalue weighted by Gasteiger charge is -2.03. The second-order valence-electron chi connectivity index (χ2n) is 5.24. The summed E-state index contributed by atoms with van der Waals surface area (Å²) >= 11 is 0. The van der Waals surface area contributed by atoms with Crippen LogP contribution in [-0.4, -0.2) is 17.3 Å². The second-order valence-corrected chi connectivity index (χ2v) is 5.24. The third-order valence-corrected chi connectivity index (χ3v) is 3.72. The van der Waals surface area contributed by atoms with E-state index in [0.29, 0.717) is 22.3 Å². The van der Waals surface area contributed by atoms with Crippen molar-refractivity contribution in [2.24, 2.45) is 0 Å². The summed E-state index contributed by atoms with van der Waals surface area (Å²) in [4.78, 5) is 16.1. The molecule has 124 valence electrons. The number of hydrogen-bond donors (Lipinski definition) is 0. The Morgan fingerprint density at radius 1 is 1.08 bits per heavy atom. The zero-order chi connectivity index (χ0) is 17.4. The van der Waals surface area contributed by atoms with Gasteiger partial charge in [-0.15, -0.1) is 0 Å². The molecule has 0 saturated carbocycles. The Balaban J connectivity index is 1.88. The summed E-state index contributed by atoms with van der Waals surface area (Å²) in [6, 6.07) is 12.4. The van der Waals surface area contributed by atoms with Crippen LogP contribution >= 0.6 is 0 Å². The molecule has 0 saturated heterocycles. The lowest BCUT2D eigenvalue weighted by Crippen LogP contribution is -1.98. The molecule has 0 aliphatic heterocycles. The van der Waals surface area contributed by atoms with Crippen LogP contribution in [0.1, 0.15) is 0 Å². The van der Waals surface area contributed by atoms with E-state index in [9.17, 15) is 9.18 Å². The van der Waals surface area contributed by atoms with Gasteiger partial charge < -0.3 is 13.7 Å². The zero-order valence-corrected chi connectivity index (χ0v) is 13.0. The minimum absolute atomic E-state index is 0.0984. The number of halogens is 1. The average molecular weight is 338 g/mol. The summed E-state index contributed by atoms with van der Waals surface area (Å²) in [5, 5.41) is 4.41. The van der Waals surface area contributed by atoms with E-state index in [0.717, 1.165) is 0 Å². The standard InChI is InChI=1S/C18H11FN2O4/c1-23-10-6-7-11-13(9-16(22)24-15(11)8-10)18-20-17(21-25-18)12-4-2-3-5-14(12)19/h2-9H,1H3. The SMILES string of the molecule is COc1ccc2c(-c3nc(-c4ccccc4F)no3)cc(=O)oc2c1. The van der Waals surface area contributed by atoms with Gasteiger partial charge in [0, 0.05) is 17.5 Å². The highest BCUT2D eigenvalue weighted by Gasteiger charge is 2.17. The predicted molar refractivity (Wildman–Crippen MR) is 87.7 cm³/mol. The van der Waals surface area contributed by atoms with Crippen LogP contribution in [-0.2, 0) is 0 Å². The van der Waals surface area contributed by atoms with Gasteiger partial charge in [-0.25, -0.2) is 9.18 Å². The van der Waals surface area contributed by atoms with Crippen LogP contribution in [0.5, 0.6) is 5.75 Å². The van der Waals surface area contributed by atoms with Gasteiger partial charge in [-0.05, 0) is 24.3 Å². The van der Waals surface area contributed by atoms with Crippen LogP contribution < -0.4 is 10.4 Å². The maximum Gasteiger partial charge on any atom is 0.337 e. The van der Waals surface area contributed by atoms with Crippen molar-refractivity contribution in [1.82, 2.24) is 10.1 Å². The van der Waals surface area contributed by atoms with Gasteiger partial charge in [-0.3, -0.25) is 0 Å². The first-order chi connectivity index (χ1) is 12.2. The van der Waals surface area contributed by atoms with Crippen molar-refractivity contribution in [2.75, 3.05) is 7.11 Å². The van der Waals surface area contributed by atoms with Gasteiger partial charge in [-0.1, -0.05) is 17.3 Å². The van der Waals surface area contributed by atoms with Gasteiger partial charge in [0.1, 0.15) is 17.1 Å². The highest BCUT2D eigenvalue weighted by Crippen LogP contribution is 2.30. The number of fused-ring (bicyclic) bond motifs is 1. The first kappa shape index (κ1) is 15.1. The minimum Gasteiger partial charge on any atom is -0.497 e. The number of ether oxygens (including phenoxy) is 1. The maximum absolute atomic E-state index is 13.9. The molecule has 0 bridgehead atoms. The molecular formula is C18H11FN2O4. The molecule has 0 radical (unpaired) electrons. The fraction of sp³-hybridized carbons (Fsp3) is 0.0556. The number of nitrogens with zero attached hydrogens (tertiary/aromatic N) is 2. The van der Waals surface area contributed by atoms with Gasteiger partial charge in [0.15, 0.2) is 0 Å². The van der Waals surface area contributed by atoms with E-state index in [4.69, 9.17) is 13.7 Å². The smallest absolute Gasteiger partial charge is 0.337 e. The number of aromatic nitrogens is 2. The normalized spacial score (nSPS) is 11.0. The van der Waals surface area contributed by atoms with Crippen LogP contribution in [0.2, 0.25) is 0 Å². The Kier molecular flexibility index (Phi) is 3.53. The molecule has 0 aliphatic carbocycles. The molecule has 6 nitrogen and oxygen atoms in total. The molecule has 0 aliphatic rings. The maximum atomic E-state index is 13.9. The van der Waals surface area contributed by atoms with Gasteiger partial charge in [0.2, 0.25) is 5.82 Å². The van der Waals surface area contributed by atoms with Crippen molar-refractivity contribution in [3.8, 4) is 28.6 Å². The fourth-order valence-corrected chi connectivity index (χ4v) is 2.53. The zero-order valence-electron chi connectivity index (χ0n) is 13.0. The largest absolute Gasteiger partial charge is 0.497 e. The molecule has 2 heterocycles. The Hall–Kier alpha value is -3.48. The van der Waals surface area contributed by atoms with E-state index in [1.807, 2.05) is 0 Å². The molecule has 7 heteroatoms. The number of methoxy groups -OCH3 is 1. The summed E-state index contributed by atoms with van der Waals surface area (Å²) in [6.45, 7) is 0. The number of hydrogen-bond acceptors (Lipinski definition) is 6. The molecule has 0 spiro atoms. The highest BCUT2D eigenvalue weighted by molar-refractivity contribution is 5.91. The van der Waals surface area contributed by atoms with Crippen molar-refractivity contribution in [2.45, 2.75) is 0 Å². The summed E-state index contributed by atoms with van der Waals surface area (Å²) in [6.07, 6.45) is 0. The van der Waals surface area contributed by atoms with E-state index < -0.39 is 11.4 Å². The molecule has 4 rings (SSSR count). The van der Waals surface area contributed by atoms with Gasteiger partial charge in [0.05, 0.1) is 18.2 Å². The van der Waals surface area contributed by atoms with Crippen molar-refractivity contribution >= 4 is 11.0 Å². The molecule has 0 N–H and O–H groups in total. The van der Waals surface area contributed by atoms with E-state index in [2.05, 4.69) is 10.1 Å². The molecule has 2 aromatic carbocycles. The molecular weight excluding hydrogens is 327 g/mol. The molecule has 25 heavy (non-hydrogen) atoms. The lowest BCUT2D eigenvalue weighted by atomic mass is 10.1. The summed E-state index contributed by atoms with van der Waals surface area (Å²) in [5.74, 6) is 0.284. The third-order valence-electron chi connectivity index (χ3n) is 3.72. The van der Waals surface area contributed by atoms with Crippen molar-refractivity contribution in [3.05, 3.63) is 64.8 Å². The Morgan fingerprint density at radius 3 is 2.72 bits per heavy atom. The number of benzene rings is 2. The van der Waals surface area contributed by atoms with Gasteiger partial charge >= 0.3 is 5.63 Å². The Labute approximate surface area is 140 Å². The first-order valence-corrected chi connectivity index (χ1v) is 7.36. The second kappa shape index (κ2) is 5.86. The lowest BCUT2D eigenvalue weighted by molar-refractivity contribution is 0.414. The predicted octanol–water partition coefficient (Wildman–Crippen LogP) is 3.66. The van der Waals surface area contributed by atoms with Crippen LogP contribution in [0.3, 0.4) is 0 Å². The average Bonchev–Trinajstić information content (AvgIpc) is 3.10. The fourth-order valence-electron chi connectivity index (χ4n) is 2.53. The van der Waals surface area contributed by atoms with Crippen molar-refractivity contribution < 1.29 is 18.1 Å². The summed E-state index contributed by atoms with van der Waals surface area (Å²) in [5.41, 5.74) is 0.379. The van der Waals surface area contributed by atoms with Crippen molar-refractivity contribution in [1.29, 1.82) is 0 Å². The molecule has 4 aromatic rings. The van der Waals surface area contributed by atoms with E-state index in [1.165, 1.54) is 19.2 Å². The molecule has 0 fully saturated rings. The summed E-state index contributed by atoms with van der Waals surface area (Å²) < 4.78 is 29.4. The first-order valence-electron chi connectivity index (χ1n) is 7.36. The van der Waals surface area contributed by atoms with Gasteiger partial charge in [0.25, 0.3) is 5.89 Å². The summed E-state index contributed by atoms with van der Waals surface area (Å²) in [7, 11) is 1.52. The van der Waals surface area contributed by atoms with Crippen molar-refractivity contribution in [3.63, 3.8) is 0 Å². The van der Waals surface area contributed by atoms with Crippen LogP contribution in [0, 0.1) is 5.82 Å². The van der Waals surface area contributed by atoms with E-state index in [1.54, 1.807) is 36.4 Å².